The number of rotatable bonds is 12. The van der Waals surface area contributed by atoms with Crippen molar-refractivity contribution >= 4 is 5.97 Å². The lowest BCUT2D eigenvalue weighted by atomic mass is 10.1. The second-order valence-electron chi connectivity index (χ2n) is 3.99. The molecule has 0 aliphatic heterocycles. The highest BCUT2D eigenvalue weighted by Gasteiger charge is 2.01. The van der Waals surface area contributed by atoms with E-state index in [1.165, 1.54) is 19.3 Å². The first-order valence-corrected chi connectivity index (χ1v) is 6.53. The number of carbonyl (C=O) groups is 1. The van der Waals surface area contributed by atoms with E-state index in [0.717, 1.165) is 12.8 Å². The van der Waals surface area contributed by atoms with Gasteiger partial charge in [0, 0.05) is 13.5 Å². The second-order valence-corrected chi connectivity index (χ2v) is 3.99. The molecule has 102 valence electrons. The average molecular weight is 246 g/mol. The largest absolute Gasteiger partial charge is 0.463 e. The van der Waals surface area contributed by atoms with E-state index in [9.17, 15) is 4.79 Å². The molecule has 0 aliphatic rings. The van der Waals surface area contributed by atoms with E-state index in [1.54, 1.807) is 7.11 Å². The van der Waals surface area contributed by atoms with E-state index in [-0.39, 0.29) is 5.97 Å². The van der Waals surface area contributed by atoms with Crippen LogP contribution in [-0.2, 0) is 19.0 Å². The molecule has 0 heterocycles. The fraction of sp³-hybridized carbons (Fsp3) is 0.923. The highest BCUT2D eigenvalue weighted by atomic mass is 16.6. The van der Waals surface area contributed by atoms with Crippen LogP contribution in [0.4, 0.5) is 0 Å². The molecule has 0 aromatic carbocycles. The zero-order valence-corrected chi connectivity index (χ0v) is 11.2. The molecule has 0 saturated heterocycles. The van der Waals surface area contributed by atoms with E-state index in [2.05, 4.69) is 6.92 Å². The van der Waals surface area contributed by atoms with Gasteiger partial charge in [-0.2, -0.15) is 0 Å². The summed E-state index contributed by atoms with van der Waals surface area (Å²) in [6.07, 6.45) is 6.27. The lowest BCUT2D eigenvalue weighted by Crippen LogP contribution is -2.12. The Kier molecular flexibility index (Phi) is 13.0. The smallest absolute Gasteiger partial charge is 0.305 e. The molecule has 0 spiro atoms. The fourth-order valence-electron chi connectivity index (χ4n) is 1.40. The van der Waals surface area contributed by atoms with Crippen LogP contribution in [-0.4, -0.2) is 39.5 Å². The molecule has 4 nitrogen and oxygen atoms in total. The Morgan fingerprint density at radius 3 is 2.35 bits per heavy atom. The van der Waals surface area contributed by atoms with Crippen LogP contribution < -0.4 is 0 Å². The van der Waals surface area contributed by atoms with Crippen molar-refractivity contribution in [1.29, 1.82) is 0 Å². The Balaban J connectivity index is 3.12. The van der Waals surface area contributed by atoms with Gasteiger partial charge in [0.05, 0.1) is 19.8 Å². The molecule has 0 unspecified atom stereocenters. The van der Waals surface area contributed by atoms with Crippen molar-refractivity contribution in [2.24, 2.45) is 0 Å². The topological polar surface area (TPSA) is 44.8 Å². The molecular weight excluding hydrogens is 220 g/mol. The number of hydrogen-bond donors (Lipinski definition) is 0. The molecule has 0 N–H and O–H groups in total. The van der Waals surface area contributed by atoms with Crippen molar-refractivity contribution in [2.75, 3.05) is 33.5 Å². The standard InChI is InChI=1S/C13H26O4/c1-3-4-5-6-7-8-13(14)17-12-11-16-10-9-15-2/h3-12H2,1-2H3. The van der Waals surface area contributed by atoms with Gasteiger partial charge in [-0.25, -0.2) is 0 Å². The maximum Gasteiger partial charge on any atom is 0.305 e. The third-order valence-electron chi connectivity index (χ3n) is 2.41. The third-order valence-corrected chi connectivity index (χ3v) is 2.41. The number of hydrogen-bond acceptors (Lipinski definition) is 4. The van der Waals surface area contributed by atoms with Gasteiger partial charge in [0.1, 0.15) is 6.61 Å². The van der Waals surface area contributed by atoms with Gasteiger partial charge < -0.3 is 14.2 Å². The van der Waals surface area contributed by atoms with E-state index in [4.69, 9.17) is 14.2 Å². The lowest BCUT2D eigenvalue weighted by Gasteiger charge is -2.05. The van der Waals surface area contributed by atoms with Crippen LogP contribution in [0.25, 0.3) is 0 Å². The summed E-state index contributed by atoms with van der Waals surface area (Å²) in [7, 11) is 1.63. The highest BCUT2D eigenvalue weighted by Crippen LogP contribution is 2.05. The quantitative estimate of drug-likeness (QED) is 0.392. The molecular formula is C13H26O4. The average Bonchev–Trinajstić information content (AvgIpc) is 2.33. The van der Waals surface area contributed by atoms with Crippen molar-refractivity contribution < 1.29 is 19.0 Å². The van der Waals surface area contributed by atoms with Crippen molar-refractivity contribution in [3.8, 4) is 0 Å². The molecule has 0 aromatic heterocycles. The van der Waals surface area contributed by atoms with Crippen molar-refractivity contribution in [2.45, 2.75) is 45.4 Å². The van der Waals surface area contributed by atoms with Crippen molar-refractivity contribution in [3.63, 3.8) is 0 Å². The summed E-state index contributed by atoms with van der Waals surface area (Å²) in [5, 5.41) is 0. The third kappa shape index (κ3) is 13.3. The van der Waals surface area contributed by atoms with Crippen LogP contribution in [0, 0.1) is 0 Å². The first-order valence-electron chi connectivity index (χ1n) is 6.53. The molecule has 17 heavy (non-hydrogen) atoms. The zero-order chi connectivity index (χ0) is 12.8. The molecule has 0 atom stereocenters. The normalized spacial score (nSPS) is 10.5. The van der Waals surface area contributed by atoms with E-state index in [0.29, 0.717) is 32.8 Å². The predicted molar refractivity (Wildman–Crippen MR) is 67.0 cm³/mol. The minimum absolute atomic E-state index is 0.114. The molecule has 0 fully saturated rings. The van der Waals surface area contributed by atoms with E-state index < -0.39 is 0 Å². The van der Waals surface area contributed by atoms with Crippen LogP contribution in [0.15, 0.2) is 0 Å². The maximum absolute atomic E-state index is 11.3. The summed E-state index contributed by atoms with van der Waals surface area (Å²) in [4.78, 5) is 11.3. The Hall–Kier alpha value is -0.610. The molecule has 4 heteroatoms. The minimum atomic E-state index is -0.114. The van der Waals surface area contributed by atoms with Gasteiger partial charge in [0.2, 0.25) is 0 Å². The molecule has 0 radical (unpaired) electrons. The molecule has 0 aliphatic carbocycles. The summed E-state index contributed by atoms with van der Waals surface area (Å²) >= 11 is 0. The first-order chi connectivity index (χ1) is 8.31. The molecule has 0 bridgehead atoms. The van der Waals surface area contributed by atoms with Gasteiger partial charge >= 0.3 is 5.97 Å². The van der Waals surface area contributed by atoms with Crippen LogP contribution in [0.5, 0.6) is 0 Å². The summed E-state index contributed by atoms with van der Waals surface area (Å²) in [5.41, 5.74) is 0. The lowest BCUT2D eigenvalue weighted by molar-refractivity contribution is -0.145. The van der Waals surface area contributed by atoms with Gasteiger partial charge in [-0.15, -0.1) is 0 Å². The SMILES string of the molecule is CCCCCCCC(=O)OCCOCCOC. The van der Waals surface area contributed by atoms with Gasteiger partial charge in [0.25, 0.3) is 0 Å². The van der Waals surface area contributed by atoms with Gasteiger partial charge in [-0.05, 0) is 6.42 Å². The molecule has 0 rings (SSSR count). The number of carbonyl (C=O) groups excluding carboxylic acids is 1. The van der Waals surface area contributed by atoms with E-state index >= 15 is 0 Å². The van der Waals surface area contributed by atoms with Gasteiger partial charge in [-0.1, -0.05) is 32.6 Å². The number of methoxy groups -OCH3 is 1. The van der Waals surface area contributed by atoms with Crippen LogP contribution >= 0.6 is 0 Å². The second kappa shape index (κ2) is 13.5. The van der Waals surface area contributed by atoms with Crippen molar-refractivity contribution in [1.82, 2.24) is 0 Å². The first kappa shape index (κ1) is 16.4. The molecule has 0 amide bonds. The number of unbranched alkanes of at least 4 members (excludes halogenated alkanes) is 4. The Labute approximate surface area is 105 Å². The number of ether oxygens (including phenoxy) is 3. The Bertz CT molecular complexity index is 171. The van der Waals surface area contributed by atoms with Gasteiger partial charge in [-0.3, -0.25) is 4.79 Å². The Morgan fingerprint density at radius 2 is 1.65 bits per heavy atom. The number of esters is 1. The predicted octanol–water partition coefficient (Wildman–Crippen LogP) is 2.55. The maximum atomic E-state index is 11.3. The van der Waals surface area contributed by atoms with Crippen LogP contribution in [0.2, 0.25) is 0 Å². The summed E-state index contributed by atoms with van der Waals surface area (Å²) < 4.78 is 15.0. The van der Waals surface area contributed by atoms with Crippen molar-refractivity contribution in [3.05, 3.63) is 0 Å². The van der Waals surface area contributed by atoms with Crippen LogP contribution in [0.3, 0.4) is 0 Å². The summed E-state index contributed by atoms with van der Waals surface area (Å²) in [5.74, 6) is -0.114. The molecule has 0 aromatic rings. The molecule has 0 saturated carbocycles. The van der Waals surface area contributed by atoms with Gasteiger partial charge in [0.15, 0.2) is 0 Å². The minimum Gasteiger partial charge on any atom is -0.463 e. The fourth-order valence-corrected chi connectivity index (χ4v) is 1.40. The summed E-state index contributed by atoms with van der Waals surface area (Å²) in [6.45, 7) is 4.09. The monoisotopic (exact) mass is 246 g/mol. The summed E-state index contributed by atoms with van der Waals surface area (Å²) in [6, 6.07) is 0. The highest BCUT2D eigenvalue weighted by molar-refractivity contribution is 5.69. The van der Waals surface area contributed by atoms with E-state index in [1.807, 2.05) is 0 Å². The Morgan fingerprint density at radius 1 is 0.941 bits per heavy atom. The zero-order valence-electron chi connectivity index (χ0n) is 11.2. The van der Waals surface area contributed by atoms with Crippen LogP contribution in [0.1, 0.15) is 45.4 Å².